The van der Waals surface area contributed by atoms with Gasteiger partial charge in [-0.2, -0.15) is 0 Å². The number of hydrogen-bond donors (Lipinski definition) is 2. The normalized spacial score (nSPS) is 30.3. The van der Waals surface area contributed by atoms with Crippen LogP contribution in [0.3, 0.4) is 0 Å². The Balaban J connectivity index is 2.38. The lowest BCUT2D eigenvalue weighted by atomic mass is 9.76. The number of rotatable bonds is 3. The topological polar surface area (TPSA) is 32.3 Å². The van der Waals surface area contributed by atoms with Crippen LogP contribution in [0.2, 0.25) is 0 Å². The molecule has 2 nitrogen and oxygen atoms in total. The van der Waals surface area contributed by atoms with Crippen LogP contribution in [0.4, 0.5) is 5.69 Å². The molecule has 0 heterocycles. The summed E-state index contributed by atoms with van der Waals surface area (Å²) in [4.78, 5) is 0. The first kappa shape index (κ1) is 15.9. The Bertz CT molecular complexity index is 478. The van der Waals surface area contributed by atoms with E-state index in [2.05, 4.69) is 31.3 Å². The molecule has 1 aromatic carbocycles. The summed E-state index contributed by atoms with van der Waals surface area (Å²) in [5, 5.41) is 12.2. The first-order chi connectivity index (χ1) is 9.45. The summed E-state index contributed by atoms with van der Waals surface area (Å²) in [6.07, 6.45) is 2.12. The number of aryl methyl sites for hydroxylation is 2. The Morgan fingerprint density at radius 1 is 1.20 bits per heavy atom. The van der Waals surface area contributed by atoms with Crippen molar-refractivity contribution in [3.8, 4) is 0 Å². The molecule has 112 valence electrons. The van der Waals surface area contributed by atoms with Crippen molar-refractivity contribution in [1.82, 2.24) is 0 Å². The van der Waals surface area contributed by atoms with E-state index in [9.17, 15) is 0 Å². The zero-order valence-electron chi connectivity index (χ0n) is 12.3. The Labute approximate surface area is 131 Å². The molecule has 20 heavy (non-hydrogen) atoms. The molecule has 4 unspecified atom stereocenters. The Hall–Kier alpha value is -0.440. The van der Waals surface area contributed by atoms with Gasteiger partial charge in [-0.05, 0) is 55.4 Å². The molecule has 0 bridgehead atoms. The number of benzene rings is 1. The standard InChI is InChI=1S/C16H23Cl2NO/c1-9-4-5-13(17)15(16(9)18)12-6-11(3)14(19-8-20)7-10(12)2/h6-7,9,13,15-16,19-20H,4-5,8H2,1-3H3. The smallest absolute Gasteiger partial charge is 0.113 e. The number of aliphatic hydroxyl groups is 1. The molecule has 2 N–H and O–H groups in total. The monoisotopic (exact) mass is 315 g/mol. The van der Waals surface area contributed by atoms with Crippen molar-refractivity contribution in [2.75, 3.05) is 12.0 Å². The van der Waals surface area contributed by atoms with E-state index in [4.69, 9.17) is 28.3 Å². The van der Waals surface area contributed by atoms with Gasteiger partial charge in [0.25, 0.3) is 0 Å². The van der Waals surface area contributed by atoms with E-state index in [1.165, 1.54) is 11.1 Å². The van der Waals surface area contributed by atoms with E-state index >= 15 is 0 Å². The fourth-order valence-corrected chi connectivity index (χ4v) is 4.08. The van der Waals surface area contributed by atoms with Crippen LogP contribution in [-0.2, 0) is 0 Å². The molecule has 0 radical (unpaired) electrons. The third-order valence-electron chi connectivity index (χ3n) is 4.42. The highest BCUT2D eigenvalue weighted by Crippen LogP contribution is 2.44. The lowest BCUT2D eigenvalue weighted by Gasteiger charge is -2.37. The van der Waals surface area contributed by atoms with Crippen LogP contribution >= 0.6 is 23.2 Å². The van der Waals surface area contributed by atoms with Crippen LogP contribution in [0.5, 0.6) is 0 Å². The van der Waals surface area contributed by atoms with Gasteiger partial charge in [0.15, 0.2) is 0 Å². The number of aliphatic hydroxyl groups excluding tert-OH is 1. The van der Waals surface area contributed by atoms with Gasteiger partial charge >= 0.3 is 0 Å². The van der Waals surface area contributed by atoms with Crippen molar-refractivity contribution in [1.29, 1.82) is 0 Å². The molecule has 1 fully saturated rings. The predicted octanol–water partition coefficient (Wildman–Crippen LogP) is 4.39. The molecule has 1 aliphatic rings. The second kappa shape index (κ2) is 6.55. The molecule has 2 rings (SSSR count). The lowest BCUT2D eigenvalue weighted by Crippen LogP contribution is -2.33. The van der Waals surface area contributed by atoms with Gasteiger partial charge < -0.3 is 10.4 Å². The zero-order chi connectivity index (χ0) is 14.9. The second-order valence-corrected chi connectivity index (χ2v) is 6.96. The van der Waals surface area contributed by atoms with Crippen molar-refractivity contribution in [2.24, 2.45) is 5.92 Å². The average molecular weight is 316 g/mol. The largest absolute Gasteiger partial charge is 0.377 e. The maximum absolute atomic E-state index is 9.02. The summed E-state index contributed by atoms with van der Waals surface area (Å²) in [7, 11) is 0. The fraction of sp³-hybridized carbons (Fsp3) is 0.625. The van der Waals surface area contributed by atoms with E-state index < -0.39 is 0 Å². The molecule has 1 saturated carbocycles. The maximum atomic E-state index is 9.02. The van der Waals surface area contributed by atoms with Crippen LogP contribution in [-0.4, -0.2) is 22.6 Å². The van der Waals surface area contributed by atoms with Gasteiger partial charge in [0, 0.05) is 22.4 Å². The quantitative estimate of drug-likeness (QED) is 0.640. The van der Waals surface area contributed by atoms with Gasteiger partial charge in [0.05, 0.1) is 0 Å². The van der Waals surface area contributed by atoms with E-state index in [1.807, 2.05) is 6.92 Å². The highest BCUT2D eigenvalue weighted by atomic mass is 35.5. The molecule has 4 atom stereocenters. The van der Waals surface area contributed by atoms with Crippen LogP contribution in [0, 0.1) is 19.8 Å². The molecule has 4 heteroatoms. The van der Waals surface area contributed by atoms with Crippen molar-refractivity contribution < 1.29 is 5.11 Å². The first-order valence-corrected chi connectivity index (χ1v) is 8.07. The number of alkyl halides is 2. The zero-order valence-corrected chi connectivity index (χ0v) is 13.8. The van der Waals surface area contributed by atoms with Crippen molar-refractivity contribution in [3.05, 3.63) is 28.8 Å². The minimum atomic E-state index is -0.0592. The molecular formula is C16H23Cl2NO. The first-order valence-electron chi connectivity index (χ1n) is 7.19. The van der Waals surface area contributed by atoms with Gasteiger partial charge in [-0.25, -0.2) is 0 Å². The molecule has 1 aliphatic carbocycles. The van der Waals surface area contributed by atoms with Gasteiger partial charge in [-0.1, -0.05) is 13.0 Å². The van der Waals surface area contributed by atoms with Gasteiger partial charge in [-0.3, -0.25) is 0 Å². The number of nitrogens with one attached hydrogen (secondary N) is 1. The van der Waals surface area contributed by atoms with Crippen molar-refractivity contribution in [3.63, 3.8) is 0 Å². The SMILES string of the molecule is Cc1cc(C2C(Cl)CCC(C)C2Cl)c(C)cc1NCO. The molecule has 0 aromatic heterocycles. The highest BCUT2D eigenvalue weighted by molar-refractivity contribution is 6.25. The van der Waals surface area contributed by atoms with Crippen LogP contribution in [0.1, 0.15) is 42.4 Å². The predicted molar refractivity (Wildman–Crippen MR) is 87.0 cm³/mol. The summed E-state index contributed by atoms with van der Waals surface area (Å²) in [6, 6.07) is 4.24. The summed E-state index contributed by atoms with van der Waals surface area (Å²) < 4.78 is 0. The Morgan fingerprint density at radius 3 is 2.55 bits per heavy atom. The second-order valence-electron chi connectivity index (χ2n) is 5.90. The number of anilines is 1. The molecule has 1 aromatic rings. The minimum absolute atomic E-state index is 0.0592. The van der Waals surface area contributed by atoms with E-state index in [0.29, 0.717) is 5.92 Å². The Morgan fingerprint density at radius 2 is 1.90 bits per heavy atom. The van der Waals surface area contributed by atoms with E-state index in [-0.39, 0.29) is 23.4 Å². The van der Waals surface area contributed by atoms with E-state index in [0.717, 1.165) is 24.1 Å². The third-order valence-corrected chi connectivity index (χ3v) is 5.61. The number of hydrogen-bond acceptors (Lipinski definition) is 2. The fourth-order valence-electron chi connectivity index (χ4n) is 3.15. The van der Waals surface area contributed by atoms with E-state index in [1.54, 1.807) is 0 Å². The van der Waals surface area contributed by atoms with Crippen molar-refractivity contribution >= 4 is 28.9 Å². The average Bonchev–Trinajstić information content (AvgIpc) is 2.40. The van der Waals surface area contributed by atoms with Crippen LogP contribution in [0.25, 0.3) is 0 Å². The van der Waals surface area contributed by atoms with Crippen LogP contribution < -0.4 is 5.32 Å². The molecule has 0 amide bonds. The lowest BCUT2D eigenvalue weighted by molar-refractivity contribution is 0.325. The van der Waals surface area contributed by atoms with Crippen LogP contribution in [0.15, 0.2) is 12.1 Å². The minimum Gasteiger partial charge on any atom is -0.377 e. The summed E-state index contributed by atoms with van der Waals surface area (Å²) in [5.41, 5.74) is 4.51. The summed E-state index contributed by atoms with van der Waals surface area (Å²) in [5.74, 6) is 0.690. The molecule has 0 spiro atoms. The third kappa shape index (κ3) is 3.08. The summed E-state index contributed by atoms with van der Waals surface area (Å²) in [6.45, 7) is 6.27. The van der Waals surface area contributed by atoms with Gasteiger partial charge in [-0.15, -0.1) is 23.2 Å². The van der Waals surface area contributed by atoms with Crippen molar-refractivity contribution in [2.45, 2.75) is 50.3 Å². The number of halogens is 2. The molecular weight excluding hydrogens is 293 g/mol. The molecule has 0 saturated heterocycles. The summed E-state index contributed by atoms with van der Waals surface area (Å²) >= 11 is 13.2. The maximum Gasteiger partial charge on any atom is 0.113 e. The highest BCUT2D eigenvalue weighted by Gasteiger charge is 2.37. The molecule has 0 aliphatic heterocycles. The van der Waals surface area contributed by atoms with Gasteiger partial charge in [0.1, 0.15) is 6.73 Å². The Kier molecular flexibility index (Phi) is 5.22. The van der Waals surface area contributed by atoms with Gasteiger partial charge in [0.2, 0.25) is 0 Å².